The molecule has 0 atom stereocenters. The van der Waals surface area contributed by atoms with Gasteiger partial charge in [-0.3, -0.25) is 4.79 Å². The lowest BCUT2D eigenvalue weighted by molar-refractivity contribution is 0.102. The number of hydrogen-bond acceptors (Lipinski definition) is 5. The van der Waals surface area contributed by atoms with Crippen molar-refractivity contribution in [3.05, 3.63) is 69.6 Å². The summed E-state index contributed by atoms with van der Waals surface area (Å²) in [4.78, 5) is 17.0. The van der Waals surface area contributed by atoms with E-state index in [2.05, 4.69) is 31.4 Å². The molecular formula is C18H16BrN3O2S. The average molecular weight is 418 g/mol. The Kier molecular flexibility index (Phi) is 5.55. The van der Waals surface area contributed by atoms with Crippen LogP contribution < -0.4 is 5.32 Å². The zero-order chi connectivity index (χ0) is 17.8. The number of carbonyl (C=O) groups excluding carboxylic acids is 1. The second-order valence-electron chi connectivity index (χ2n) is 5.51. The van der Waals surface area contributed by atoms with E-state index in [0.717, 1.165) is 27.2 Å². The smallest absolute Gasteiger partial charge is 0.258 e. The normalized spacial score (nSPS) is 10.7. The Hall–Kier alpha value is -2.12. The van der Waals surface area contributed by atoms with Crippen molar-refractivity contribution in [3.8, 4) is 0 Å². The maximum atomic E-state index is 12.7. The van der Waals surface area contributed by atoms with Crippen LogP contribution in [0.3, 0.4) is 0 Å². The first-order valence-electron chi connectivity index (χ1n) is 7.60. The fourth-order valence-electron chi connectivity index (χ4n) is 2.22. The van der Waals surface area contributed by atoms with Gasteiger partial charge in [0.15, 0.2) is 0 Å². The number of hydrogen-bond donors (Lipinski definition) is 1. The van der Waals surface area contributed by atoms with Crippen molar-refractivity contribution in [2.45, 2.75) is 24.6 Å². The van der Waals surface area contributed by atoms with Gasteiger partial charge in [0.2, 0.25) is 0 Å². The summed E-state index contributed by atoms with van der Waals surface area (Å²) >= 11 is 4.93. The highest BCUT2D eigenvalue weighted by molar-refractivity contribution is 9.10. The number of nitrogens with one attached hydrogen (secondary N) is 1. The molecule has 0 bridgehead atoms. The third kappa shape index (κ3) is 4.49. The summed E-state index contributed by atoms with van der Waals surface area (Å²) in [5.74, 6) is 1.15. The second-order valence-corrected chi connectivity index (χ2v) is 7.33. The molecule has 0 fully saturated rings. The van der Waals surface area contributed by atoms with Gasteiger partial charge in [0.1, 0.15) is 10.8 Å². The first kappa shape index (κ1) is 17.7. The Labute approximate surface area is 158 Å². The van der Waals surface area contributed by atoms with E-state index < -0.39 is 0 Å². The van der Waals surface area contributed by atoms with Crippen LogP contribution in [0.5, 0.6) is 0 Å². The Bertz CT molecular complexity index is 911. The highest BCUT2D eigenvalue weighted by Crippen LogP contribution is 2.27. The lowest BCUT2D eigenvalue weighted by Gasteiger charge is -2.10. The van der Waals surface area contributed by atoms with Crippen LogP contribution in [0, 0.1) is 13.8 Å². The van der Waals surface area contributed by atoms with Crippen LogP contribution in [0.25, 0.3) is 0 Å². The van der Waals surface area contributed by atoms with Gasteiger partial charge in [-0.1, -0.05) is 23.0 Å². The lowest BCUT2D eigenvalue weighted by atomic mass is 10.2. The topological polar surface area (TPSA) is 68.0 Å². The van der Waals surface area contributed by atoms with Gasteiger partial charge in [-0.2, -0.15) is 0 Å². The van der Waals surface area contributed by atoms with Crippen molar-refractivity contribution in [1.29, 1.82) is 0 Å². The minimum atomic E-state index is -0.198. The molecule has 0 saturated heterocycles. The van der Waals surface area contributed by atoms with Crippen LogP contribution in [0.15, 0.2) is 56.6 Å². The first-order chi connectivity index (χ1) is 12.0. The third-order valence-corrected chi connectivity index (χ3v) is 5.12. The number of rotatable bonds is 5. The first-order valence-corrected chi connectivity index (χ1v) is 9.38. The van der Waals surface area contributed by atoms with E-state index in [9.17, 15) is 4.79 Å². The fraction of sp³-hybridized carbons (Fsp3) is 0.167. The second kappa shape index (κ2) is 7.84. The predicted molar refractivity (Wildman–Crippen MR) is 102 cm³/mol. The largest absolute Gasteiger partial charge is 0.361 e. The van der Waals surface area contributed by atoms with Gasteiger partial charge < -0.3 is 9.84 Å². The maximum Gasteiger partial charge on any atom is 0.258 e. The van der Waals surface area contributed by atoms with E-state index in [1.165, 1.54) is 11.8 Å². The highest BCUT2D eigenvalue weighted by Gasteiger charge is 2.15. The monoisotopic (exact) mass is 417 g/mol. The molecule has 7 heteroatoms. The number of halogens is 1. The predicted octanol–water partition coefficient (Wildman–Crippen LogP) is 4.99. The molecule has 128 valence electrons. The molecule has 0 spiro atoms. The standard InChI is InChI=1S/C18H16BrN3O2S/c1-11-5-6-16(15(19)8-11)21-17(23)14-4-3-7-20-18(14)25-10-13-9-12(2)24-22-13/h3-9H,10H2,1-2H3,(H,21,23). The van der Waals surface area contributed by atoms with E-state index in [1.807, 2.05) is 38.1 Å². The molecule has 1 aromatic carbocycles. The number of aromatic nitrogens is 2. The average Bonchev–Trinajstić information content (AvgIpc) is 3.01. The van der Waals surface area contributed by atoms with Crippen molar-refractivity contribution in [1.82, 2.24) is 10.1 Å². The molecule has 1 N–H and O–H groups in total. The molecule has 0 aliphatic carbocycles. The molecular weight excluding hydrogens is 402 g/mol. The van der Waals surface area contributed by atoms with Crippen LogP contribution in [0.2, 0.25) is 0 Å². The van der Waals surface area contributed by atoms with Crippen molar-refractivity contribution in [2.75, 3.05) is 5.32 Å². The molecule has 3 rings (SSSR count). The Balaban J connectivity index is 1.76. The van der Waals surface area contributed by atoms with Crippen molar-refractivity contribution < 1.29 is 9.32 Å². The fourth-order valence-corrected chi connectivity index (χ4v) is 3.68. The molecule has 2 aromatic heterocycles. The lowest BCUT2D eigenvalue weighted by Crippen LogP contribution is -2.14. The summed E-state index contributed by atoms with van der Waals surface area (Å²) in [5, 5.41) is 7.54. The summed E-state index contributed by atoms with van der Waals surface area (Å²) in [7, 11) is 0. The van der Waals surface area contributed by atoms with Gasteiger partial charge in [0, 0.05) is 22.5 Å². The molecule has 1 amide bonds. The van der Waals surface area contributed by atoms with E-state index >= 15 is 0 Å². The molecule has 5 nitrogen and oxygen atoms in total. The Morgan fingerprint density at radius 1 is 1.28 bits per heavy atom. The van der Waals surface area contributed by atoms with Crippen molar-refractivity contribution >= 4 is 39.3 Å². The van der Waals surface area contributed by atoms with Gasteiger partial charge in [-0.05, 0) is 59.6 Å². The molecule has 2 heterocycles. The number of benzene rings is 1. The third-order valence-electron chi connectivity index (χ3n) is 3.42. The van der Waals surface area contributed by atoms with E-state index in [1.54, 1.807) is 18.3 Å². The van der Waals surface area contributed by atoms with E-state index in [-0.39, 0.29) is 5.91 Å². The highest BCUT2D eigenvalue weighted by atomic mass is 79.9. The minimum absolute atomic E-state index is 0.198. The Morgan fingerprint density at radius 3 is 2.84 bits per heavy atom. The van der Waals surface area contributed by atoms with Gasteiger partial charge in [0.05, 0.1) is 16.9 Å². The zero-order valence-corrected chi connectivity index (χ0v) is 16.1. The number of thioether (sulfide) groups is 1. The van der Waals surface area contributed by atoms with Crippen LogP contribution in [-0.4, -0.2) is 16.0 Å². The maximum absolute atomic E-state index is 12.7. The molecule has 0 radical (unpaired) electrons. The summed E-state index contributed by atoms with van der Waals surface area (Å²) in [6.07, 6.45) is 1.68. The Morgan fingerprint density at radius 2 is 2.12 bits per heavy atom. The number of carbonyl (C=O) groups is 1. The molecule has 25 heavy (non-hydrogen) atoms. The SMILES string of the molecule is Cc1ccc(NC(=O)c2cccnc2SCc2cc(C)on2)c(Br)c1. The molecule has 0 aliphatic rings. The van der Waals surface area contributed by atoms with Crippen LogP contribution in [0.4, 0.5) is 5.69 Å². The number of aryl methyl sites for hydroxylation is 2. The zero-order valence-electron chi connectivity index (χ0n) is 13.7. The number of amides is 1. The van der Waals surface area contributed by atoms with E-state index in [0.29, 0.717) is 16.3 Å². The van der Waals surface area contributed by atoms with Crippen LogP contribution >= 0.6 is 27.7 Å². The van der Waals surface area contributed by atoms with Crippen molar-refractivity contribution in [3.63, 3.8) is 0 Å². The minimum Gasteiger partial charge on any atom is -0.361 e. The van der Waals surface area contributed by atoms with E-state index in [4.69, 9.17) is 4.52 Å². The van der Waals surface area contributed by atoms with Gasteiger partial charge in [0.25, 0.3) is 5.91 Å². The number of pyridine rings is 1. The molecule has 0 aliphatic heterocycles. The number of anilines is 1. The van der Waals surface area contributed by atoms with Gasteiger partial charge >= 0.3 is 0 Å². The molecule has 0 saturated carbocycles. The number of nitrogens with zero attached hydrogens (tertiary/aromatic N) is 2. The van der Waals surface area contributed by atoms with Gasteiger partial charge in [-0.15, -0.1) is 0 Å². The summed E-state index contributed by atoms with van der Waals surface area (Å²) in [6.45, 7) is 3.85. The van der Waals surface area contributed by atoms with Crippen LogP contribution in [-0.2, 0) is 5.75 Å². The molecule has 3 aromatic rings. The van der Waals surface area contributed by atoms with Gasteiger partial charge in [-0.25, -0.2) is 4.98 Å². The van der Waals surface area contributed by atoms with Crippen LogP contribution in [0.1, 0.15) is 27.4 Å². The quantitative estimate of drug-likeness (QED) is 0.591. The summed E-state index contributed by atoms with van der Waals surface area (Å²) in [5.41, 5.74) is 3.19. The molecule has 0 unspecified atom stereocenters. The summed E-state index contributed by atoms with van der Waals surface area (Å²) in [6, 6.07) is 11.2. The summed E-state index contributed by atoms with van der Waals surface area (Å²) < 4.78 is 5.91. The van der Waals surface area contributed by atoms with Crippen molar-refractivity contribution in [2.24, 2.45) is 0 Å².